The summed E-state index contributed by atoms with van der Waals surface area (Å²) in [6.07, 6.45) is 2.64. The molecular formula is C26H24N4O3. The number of anilines is 1. The quantitative estimate of drug-likeness (QED) is 0.450. The number of aromatic nitrogens is 2. The molecule has 0 spiro atoms. The Balaban J connectivity index is 1.59. The zero-order valence-corrected chi connectivity index (χ0v) is 18.5. The first kappa shape index (κ1) is 20.9. The number of methoxy groups -OCH3 is 2. The Kier molecular flexibility index (Phi) is 5.40. The fourth-order valence-corrected chi connectivity index (χ4v) is 4.55. The third-order valence-corrected chi connectivity index (χ3v) is 6.14. The minimum atomic E-state index is -0.449. The molecule has 2 N–H and O–H groups in total. The van der Waals surface area contributed by atoms with Crippen LogP contribution in [0.15, 0.2) is 60.8 Å². The number of hydrogen-bond donors (Lipinski definition) is 1. The standard InChI is InChI=1S/C26H24N4O3/c1-32-17-10-8-16(9-11-17)13-30-14-21-23(22(30)15-31)24(27)20-6-3-5-18(25(20)29-21)19-7-4-12-28-26(19)33-2/h3-12,15,22H,13-14H2,1-2H3,(H2,27,29). The molecule has 166 valence electrons. The molecule has 0 saturated carbocycles. The molecule has 0 saturated heterocycles. The first-order valence-corrected chi connectivity index (χ1v) is 10.7. The molecule has 7 heteroatoms. The third kappa shape index (κ3) is 3.56. The lowest BCUT2D eigenvalue weighted by molar-refractivity contribution is -0.112. The Labute approximate surface area is 191 Å². The van der Waals surface area contributed by atoms with Crippen molar-refractivity contribution < 1.29 is 14.3 Å². The number of carbonyl (C=O) groups excluding carboxylic acids is 1. The molecular weight excluding hydrogens is 416 g/mol. The number of benzene rings is 2. The number of nitrogens with two attached hydrogens (primary N) is 1. The summed E-state index contributed by atoms with van der Waals surface area (Å²) in [7, 11) is 3.24. The van der Waals surface area contributed by atoms with Gasteiger partial charge in [0.2, 0.25) is 5.88 Å². The Hall–Kier alpha value is -3.97. The second kappa shape index (κ2) is 8.52. The number of nitrogen functional groups attached to an aromatic ring is 1. The van der Waals surface area contributed by atoms with Gasteiger partial charge < -0.3 is 20.0 Å². The smallest absolute Gasteiger partial charge is 0.221 e. The molecule has 1 aliphatic heterocycles. The lowest BCUT2D eigenvalue weighted by atomic mass is 9.98. The third-order valence-electron chi connectivity index (χ3n) is 6.14. The zero-order chi connectivity index (χ0) is 22.9. The number of fused-ring (bicyclic) bond motifs is 2. The lowest BCUT2D eigenvalue weighted by Gasteiger charge is -2.21. The van der Waals surface area contributed by atoms with Crippen LogP contribution in [0.25, 0.3) is 22.0 Å². The summed E-state index contributed by atoms with van der Waals surface area (Å²) >= 11 is 0. The molecule has 5 rings (SSSR count). The first-order chi connectivity index (χ1) is 16.1. The molecule has 0 bridgehead atoms. The van der Waals surface area contributed by atoms with E-state index < -0.39 is 6.04 Å². The minimum absolute atomic E-state index is 0.449. The Morgan fingerprint density at radius 3 is 2.58 bits per heavy atom. The molecule has 1 atom stereocenters. The van der Waals surface area contributed by atoms with Crippen LogP contribution in [-0.2, 0) is 17.9 Å². The van der Waals surface area contributed by atoms with E-state index in [1.54, 1.807) is 20.4 Å². The number of aldehydes is 1. The number of para-hydroxylation sites is 1. The highest BCUT2D eigenvalue weighted by Crippen LogP contribution is 2.42. The summed E-state index contributed by atoms with van der Waals surface area (Å²) in [5.74, 6) is 1.32. The maximum absolute atomic E-state index is 12.2. The normalized spacial score (nSPS) is 15.4. The number of pyridine rings is 2. The van der Waals surface area contributed by atoms with Crippen LogP contribution in [-0.4, -0.2) is 35.4 Å². The lowest BCUT2D eigenvalue weighted by Crippen LogP contribution is -2.23. The summed E-state index contributed by atoms with van der Waals surface area (Å²) < 4.78 is 10.7. The van der Waals surface area contributed by atoms with E-state index >= 15 is 0 Å². The van der Waals surface area contributed by atoms with Crippen molar-refractivity contribution >= 4 is 22.9 Å². The molecule has 0 aliphatic carbocycles. The number of hydrogen-bond acceptors (Lipinski definition) is 7. The predicted molar refractivity (Wildman–Crippen MR) is 127 cm³/mol. The fraction of sp³-hybridized carbons (Fsp3) is 0.192. The second-order valence-corrected chi connectivity index (χ2v) is 7.98. The highest BCUT2D eigenvalue weighted by Gasteiger charge is 2.34. The zero-order valence-electron chi connectivity index (χ0n) is 18.5. The molecule has 33 heavy (non-hydrogen) atoms. The van der Waals surface area contributed by atoms with Crippen molar-refractivity contribution in [2.45, 2.75) is 19.1 Å². The van der Waals surface area contributed by atoms with Gasteiger partial charge in [0.1, 0.15) is 12.0 Å². The average molecular weight is 441 g/mol. The molecule has 4 aromatic rings. The predicted octanol–water partition coefficient (Wildman–Crippen LogP) is 4.15. The maximum Gasteiger partial charge on any atom is 0.221 e. The van der Waals surface area contributed by atoms with E-state index in [0.29, 0.717) is 24.7 Å². The van der Waals surface area contributed by atoms with Crippen molar-refractivity contribution in [3.63, 3.8) is 0 Å². The van der Waals surface area contributed by atoms with E-state index in [-0.39, 0.29) is 0 Å². The molecule has 0 radical (unpaired) electrons. The minimum Gasteiger partial charge on any atom is -0.497 e. The number of carbonyl (C=O) groups is 1. The summed E-state index contributed by atoms with van der Waals surface area (Å²) in [6, 6.07) is 17.1. The van der Waals surface area contributed by atoms with E-state index in [0.717, 1.165) is 50.9 Å². The first-order valence-electron chi connectivity index (χ1n) is 10.7. The van der Waals surface area contributed by atoms with Crippen LogP contribution >= 0.6 is 0 Å². The van der Waals surface area contributed by atoms with Crippen molar-refractivity contribution in [1.29, 1.82) is 0 Å². The van der Waals surface area contributed by atoms with Crippen LogP contribution in [0.4, 0.5) is 5.69 Å². The molecule has 7 nitrogen and oxygen atoms in total. The highest BCUT2D eigenvalue weighted by molar-refractivity contribution is 6.02. The maximum atomic E-state index is 12.2. The van der Waals surface area contributed by atoms with Gasteiger partial charge in [-0.15, -0.1) is 0 Å². The van der Waals surface area contributed by atoms with E-state index in [2.05, 4.69) is 9.88 Å². The molecule has 0 fully saturated rings. The van der Waals surface area contributed by atoms with Gasteiger partial charge in [-0.25, -0.2) is 4.98 Å². The van der Waals surface area contributed by atoms with Gasteiger partial charge in [0.15, 0.2) is 0 Å². The molecule has 2 aromatic carbocycles. The second-order valence-electron chi connectivity index (χ2n) is 7.98. The highest BCUT2D eigenvalue weighted by atomic mass is 16.5. The van der Waals surface area contributed by atoms with Crippen LogP contribution in [0, 0.1) is 0 Å². The Morgan fingerprint density at radius 1 is 1.06 bits per heavy atom. The van der Waals surface area contributed by atoms with Crippen LogP contribution in [0.1, 0.15) is 22.9 Å². The van der Waals surface area contributed by atoms with Crippen molar-refractivity contribution in [2.75, 3.05) is 20.0 Å². The Morgan fingerprint density at radius 2 is 1.85 bits per heavy atom. The van der Waals surface area contributed by atoms with E-state index in [1.165, 1.54) is 0 Å². The van der Waals surface area contributed by atoms with Crippen molar-refractivity contribution in [2.24, 2.45) is 0 Å². The van der Waals surface area contributed by atoms with Crippen molar-refractivity contribution in [3.05, 3.63) is 77.6 Å². The number of ether oxygens (including phenoxy) is 2. The number of nitrogens with zero attached hydrogens (tertiary/aromatic N) is 3. The molecule has 1 aliphatic rings. The van der Waals surface area contributed by atoms with E-state index in [4.69, 9.17) is 20.2 Å². The van der Waals surface area contributed by atoms with Gasteiger partial charge in [0.05, 0.1) is 31.5 Å². The van der Waals surface area contributed by atoms with Gasteiger partial charge in [-0.1, -0.05) is 30.3 Å². The van der Waals surface area contributed by atoms with Crippen LogP contribution in [0.3, 0.4) is 0 Å². The number of rotatable bonds is 6. The Bertz CT molecular complexity index is 1340. The summed E-state index contributed by atoms with van der Waals surface area (Å²) in [6.45, 7) is 1.13. The summed E-state index contributed by atoms with van der Waals surface area (Å²) in [4.78, 5) is 23.6. The summed E-state index contributed by atoms with van der Waals surface area (Å²) in [5.41, 5.74) is 12.5. The largest absolute Gasteiger partial charge is 0.497 e. The average Bonchev–Trinajstić information content (AvgIpc) is 3.21. The van der Waals surface area contributed by atoms with Gasteiger partial charge in [0, 0.05) is 47.1 Å². The van der Waals surface area contributed by atoms with Gasteiger partial charge in [-0.2, -0.15) is 0 Å². The van der Waals surface area contributed by atoms with E-state index in [9.17, 15) is 4.79 Å². The molecule has 0 amide bonds. The topological polar surface area (TPSA) is 90.6 Å². The van der Waals surface area contributed by atoms with Crippen molar-refractivity contribution in [1.82, 2.24) is 14.9 Å². The van der Waals surface area contributed by atoms with Gasteiger partial charge in [-0.3, -0.25) is 9.88 Å². The van der Waals surface area contributed by atoms with Gasteiger partial charge in [0.25, 0.3) is 0 Å². The molecule has 2 aromatic heterocycles. The fourth-order valence-electron chi connectivity index (χ4n) is 4.55. The van der Waals surface area contributed by atoms with Crippen LogP contribution in [0.5, 0.6) is 11.6 Å². The summed E-state index contributed by atoms with van der Waals surface area (Å²) in [5, 5.41) is 0.815. The van der Waals surface area contributed by atoms with Crippen LogP contribution in [0.2, 0.25) is 0 Å². The monoisotopic (exact) mass is 440 g/mol. The van der Waals surface area contributed by atoms with Crippen LogP contribution < -0.4 is 15.2 Å². The molecule has 1 unspecified atom stereocenters. The SMILES string of the molecule is COc1ccc(CN2Cc3nc4c(-c5cccnc5OC)cccc4c(N)c3C2C=O)cc1. The molecule has 3 heterocycles. The van der Waals surface area contributed by atoms with Gasteiger partial charge >= 0.3 is 0 Å². The van der Waals surface area contributed by atoms with Crippen molar-refractivity contribution in [3.8, 4) is 22.8 Å². The van der Waals surface area contributed by atoms with E-state index in [1.807, 2.05) is 54.6 Å². The van der Waals surface area contributed by atoms with Gasteiger partial charge in [-0.05, 0) is 29.8 Å².